The number of carbonyl (C=O) groups is 1. The Morgan fingerprint density at radius 2 is 2.00 bits per heavy atom. The van der Waals surface area contributed by atoms with Gasteiger partial charge in [-0.05, 0) is 42.5 Å². The van der Waals surface area contributed by atoms with Crippen molar-refractivity contribution in [2.75, 3.05) is 26.5 Å². The minimum atomic E-state index is -0.581. The lowest BCUT2D eigenvalue weighted by molar-refractivity contribution is -0.126. The summed E-state index contributed by atoms with van der Waals surface area (Å²) in [5.41, 5.74) is 0.865. The van der Waals surface area contributed by atoms with E-state index in [9.17, 15) is 13.6 Å². The summed E-state index contributed by atoms with van der Waals surface area (Å²) in [6.07, 6.45) is 2.56. The molecule has 142 valence electrons. The molecule has 0 aromatic heterocycles. The summed E-state index contributed by atoms with van der Waals surface area (Å²) in [7, 11) is 3.15. The van der Waals surface area contributed by atoms with E-state index in [1.807, 2.05) is 6.07 Å². The number of thioether (sulfide) groups is 1. The first-order chi connectivity index (χ1) is 13.0. The zero-order chi connectivity index (χ0) is 19.4. The van der Waals surface area contributed by atoms with Crippen molar-refractivity contribution in [2.24, 2.45) is 0 Å². The van der Waals surface area contributed by atoms with Gasteiger partial charge < -0.3 is 14.4 Å². The topological polar surface area (TPSA) is 38.8 Å². The van der Waals surface area contributed by atoms with Crippen LogP contribution in [0.5, 0.6) is 11.5 Å². The lowest BCUT2D eigenvalue weighted by Gasteiger charge is -2.24. The molecule has 0 radical (unpaired) electrons. The van der Waals surface area contributed by atoms with Crippen molar-refractivity contribution in [1.29, 1.82) is 0 Å². The maximum atomic E-state index is 13.7. The SMILES string of the molecule is COc1ccc(OC)c(C2SCCN2C(=O)/C=C/c2cc(F)ccc2F)c1. The second kappa shape index (κ2) is 8.43. The molecule has 1 saturated heterocycles. The summed E-state index contributed by atoms with van der Waals surface area (Å²) < 4.78 is 37.7. The summed E-state index contributed by atoms with van der Waals surface area (Å²) >= 11 is 1.61. The number of rotatable bonds is 5. The number of hydrogen-bond acceptors (Lipinski definition) is 4. The molecular formula is C20H19F2NO3S. The maximum Gasteiger partial charge on any atom is 0.247 e. The fourth-order valence-corrected chi connectivity index (χ4v) is 4.16. The zero-order valence-electron chi connectivity index (χ0n) is 14.9. The van der Waals surface area contributed by atoms with E-state index in [4.69, 9.17) is 9.47 Å². The number of amides is 1. The predicted octanol–water partition coefficient (Wildman–Crippen LogP) is 4.27. The molecule has 2 aromatic rings. The fourth-order valence-electron chi connectivity index (χ4n) is 2.88. The van der Waals surface area contributed by atoms with Crippen molar-refractivity contribution >= 4 is 23.7 Å². The number of halogens is 2. The molecule has 1 heterocycles. The van der Waals surface area contributed by atoms with Crippen LogP contribution in [0.2, 0.25) is 0 Å². The average molecular weight is 391 g/mol. The van der Waals surface area contributed by atoms with Gasteiger partial charge in [-0.1, -0.05) is 0 Å². The number of carbonyl (C=O) groups excluding carboxylic acids is 1. The van der Waals surface area contributed by atoms with Gasteiger partial charge in [-0.2, -0.15) is 0 Å². The van der Waals surface area contributed by atoms with Crippen molar-refractivity contribution in [1.82, 2.24) is 4.90 Å². The Hall–Kier alpha value is -2.54. The Kier molecular flexibility index (Phi) is 6.01. The molecule has 3 rings (SSSR count). The highest BCUT2D eigenvalue weighted by Gasteiger charge is 2.32. The molecule has 4 nitrogen and oxygen atoms in total. The summed E-state index contributed by atoms with van der Waals surface area (Å²) in [5.74, 6) is 0.676. The van der Waals surface area contributed by atoms with Gasteiger partial charge in [0.05, 0.1) is 14.2 Å². The van der Waals surface area contributed by atoms with Crippen LogP contribution in [-0.2, 0) is 4.79 Å². The van der Waals surface area contributed by atoms with Crippen LogP contribution in [0, 0.1) is 11.6 Å². The lowest BCUT2D eigenvalue weighted by atomic mass is 10.1. The van der Waals surface area contributed by atoms with Gasteiger partial charge in [0, 0.05) is 29.5 Å². The standard InChI is InChI=1S/C20H19F2NO3S/c1-25-15-5-7-18(26-2)16(12-15)20-23(9-10-27-20)19(24)8-3-13-11-14(21)4-6-17(13)22/h3-8,11-12,20H,9-10H2,1-2H3/b8-3+. The molecule has 7 heteroatoms. The third kappa shape index (κ3) is 4.24. The van der Waals surface area contributed by atoms with E-state index < -0.39 is 11.6 Å². The van der Waals surface area contributed by atoms with Gasteiger partial charge in [-0.3, -0.25) is 4.79 Å². The number of hydrogen-bond donors (Lipinski definition) is 0. The van der Waals surface area contributed by atoms with Crippen LogP contribution in [0.1, 0.15) is 16.5 Å². The third-order valence-electron chi connectivity index (χ3n) is 4.24. The van der Waals surface area contributed by atoms with Gasteiger partial charge >= 0.3 is 0 Å². The number of ether oxygens (including phenoxy) is 2. The molecule has 1 atom stereocenters. The van der Waals surface area contributed by atoms with Crippen LogP contribution < -0.4 is 9.47 Å². The van der Waals surface area contributed by atoms with Gasteiger partial charge in [0.15, 0.2) is 0 Å². The Bertz CT molecular complexity index is 872. The van der Waals surface area contributed by atoms with E-state index in [1.165, 1.54) is 12.2 Å². The minimum absolute atomic E-state index is 0.0331. The van der Waals surface area contributed by atoms with E-state index in [0.717, 1.165) is 29.5 Å². The molecule has 1 aliphatic heterocycles. The molecule has 1 amide bonds. The molecule has 2 aromatic carbocycles. The molecule has 0 bridgehead atoms. The van der Waals surface area contributed by atoms with E-state index in [0.29, 0.717) is 18.0 Å². The van der Waals surface area contributed by atoms with Crippen molar-refractivity contribution in [3.05, 3.63) is 65.2 Å². The normalized spacial score (nSPS) is 16.7. The Morgan fingerprint density at radius 1 is 1.19 bits per heavy atom. The molecule has 0 aliphatic carbocycles. The van der Waals surface area contributed by atoms with Gasteiger partial charge in [0.2, 0.25) is 5.91 Å². The van der Waals surface area contributed by atoms with E-state index in [2.05, 4.69) is 0 Å². The summed E-state index contributed by atoms with van der Waals surface area (Å²) in [4.78, 5) is 14.4. The minimum Gasteiger partial charge on any atom is -0.497 e. The van der Waals surface area contributed by atoms with E-state index >= 15 is 0 Å². The van der Waals surface area contributed by atoms with Gasteiger partial charge in [-0.25, -0.2) is 8.78 Å². The van der Waals surface area contributed by atoms with Crippen LogP contribution in [0.4, 0.5) is 8.78 Å². The lowest BCUT2D eigenvalue weighted by Crippen LogP contribution is -2.29. The maximum absolute atomic E-state index is 13.7. The first-order valence-electron chi connectivity index (χ1n) is 8.30. The molecular weight excluding hydrogens is 372 g/mol. The number of nitrogens with zero attached hydrogens (tertiary/aromatic N) is 1. The Morgan fingerprint density at radius 3 is 2.74 bits per heavy atom. The van der Waals surface area contributed by atoms with Crippen LogP contribution in [0.3, 0.4) is 0 Å². The third-order valence-corrected chi connectivity index (χ3v) is 5.48. The van der Waals surface area contributed by atoms with Gasteiger partial charge in [-0.15, -0.1) is 11.8 Å². The molecule has 0 N–H and O–H groups in total. The van der Waals surface area contributed by atoms with E-state index in [-0.39, 0.29) is 16.8 Å². The molecule has 1 unspecified atom stereocenters. The van der Waals surface area contributed by atoms with Crippen molar-refractivity contribution in [2.45, 2.75) is 5.37 Å². The van der Waals surface area contributed by atoms with Gasteiger partial charge in [0.1, 0.15) is 28.5 Å². The first kappa shape index (κ1) is 19.2. The van der Waals surface area contributed by atoms with Crippen molar-refractivity contribution in [3.8, 4) is 11.5 Å². The highest BCUT2D eigenvalue weighted by molar-refractivity contribution is 7.99. The molecule has 1 aliphatic rings. The van der Waals surface area contributed by atoms with Crippen molar-refractivity contribution < 1.29 is 23.0 Å². The van der Waals surface area contributed by atoms with Crippen LogP contribution in [0.15, 0.2) is 42.5 Å². The highest BCUT2D eigenvalue weighted by Crippen LogP contribution is 2.43. The summed E-state index contributed by atoms with van der Waals surface area (Å²) in [6.45, 7) is 0.546. The van der Waals surface area contributed by atoms with Crippen LogP contribution in [-0.4, -0.2) is 37.3 Å². The zero-order valence-corrected chi connectivity index (χ0v) is 15.8. The number of benzene rings is 2. The van der Waals surface area contributed by atoms with Crippen LogP contribution >= 0.6 is 11.8 Å². The smallest absolute Gasteiger partial charge is 0.247 e. The highest BCUT2D eigenvalue weighted by atomic mass is 32.2. The summed E-state index contributed by atoms with van der Waals surface area (Å²) in [6, 6.07) is 8.57. The molecule has 1 fully saturated rings. The second-order valence-electron chi connectivity index (χ2n) is 5.86. The van der Waals surface area contributed by atoms with Crippen molar-refractivity contribution in [3.63, 3.8) is 0 Å². The molecule has 27 heavy (non-hydrogen) atoms. The average Bonchev–Trinajstić information content (AvgIpc) is 3.17. The second-order valence-corrected chi connectivity index (χ2v) is 7.05. The van der Waals surface area contributed by atoms with Crippen LogP contribution in [0.25, 0.3) is 6.08 Å². The van der Waals surface area contributed by atoms with Gasteiger partial charge in [0.25, 0.3) is 0 Å². The Balaban J connectivity index is 1.85. The Labute approximate surface area is 160 Å². The quantitative estimate of drug-likeness (QED) is 0.714. The fraction of sp³-hybridized carbons (Fsp3) is 0.250. The largest absolute Gasteiger partial charge is 0.497 e. The summed E-state index contributed by atoms with van der Waals surface area (Å²) in [5, 5.41) is -0.246. The molecule has 0 saturated carbocycles. The monoisotopic (exact) mass is 391 g/mol. The first-order valence-corrected chi connectivity index (χ1v) is 9.35. The number of methoxy groups -OCH3 is 2. The van der Waals surface area contributed by atoms with E-state index in [1.54, 1.807) is 43.0 Å². The molecule has 0 spiro atoms. The predicted molar refractivity (Wildman–Crippen MR) is 102 cm³/mol.